The molecule has 9 aliphatic rings. The van der Waals surface area contributed by atoms with E-state index in [0.29, 0.717) is 37.7 Å². The SMILES string of the molecule is COC(=O)C1OC(OC2CCC3(C)C(CCC4(C)C3CC=C3C5CC(C)(C)CCC5(C(=O)OC5OCC(O)C(OC6OC(CO)C(O)C(O)C6O)C5OC(=O)CCc5ccc(OC6OC(CO)C(O)C(O)C6O)cc5)C(O)CC34C)C2(C)C)C(O)C(O)C1O. The first-order valence-corrected chi connectivity index (χ1v) is 31.4. The molecule has 0 spiro atoms. The molecule has 4 saturated carbocycles. The van der Waals surface area contributed by atoms with E-state index < -0.39 is 194 Å². The summed E-state index contributed by atoms with van der Waals surface area (Å²) in [5.74, 6) is -2.86. The van der Waals surface area contributed by atoms with E-state index in [0.717, 1.165) is 25.5 Å². The number of aliphatic hydroxyl groups excluding tert-OH is 13. The van der Waals surface area contributed by atoms with E-state index in [9.17, 15) is 76.0 Å². The summed E-state index contributed by atoms with van der Waals surface area (Å²) >= 11 is 0. The molecule has 13 N–H and O–H groups in total. The molecule has 0 aromatic heterocycles. The average Bonchev–Trinajstić information content (AvgIpc) is 0.681. The lowest BCUT2D eigenvalue weighted by molar-refractivity contribution is -0.347. The van der Waals surface area contributed by atoms with Crippen LogP contribution in [-0.2, 0) is 63.4 Å². The molecule has 0 bridgehead atoms. The number of carbonyl (C=O) groups excluding carboxylic acids is 3. The van der Waals surface area contributed by atoms with Crippen molar-refractivity contribution in [2.24, 2.45) is 50.2 Å². The quantitative estimate of drug-likeness (QED) is 0.0447. The van der Waals surface area contributed by atoms with Crippen LogP contribution < -0.4 is 4.74 Å². The molecule has 0 amide bonds. The fourth-order valence-corrected chi connectivity index (χ4v) is 17.6. The Morgan fingerprint density at radius 3 is 1.85 bits per heavy atom. The summed E-state index contributed by atoms with van der Waals surface area (Å²) in [6.45, 7) is 13.3. The van der Waals surface area contributed by atoms with Crippen molar-refractivity contribution in [2.45, 2.75) is 248 Å². The molecule has 28 atom stereocenters. The summed E-state index contributed by atoms with van der Waals surface area (Å²) in [6.07, 6.45) is -26.4. The van der Waals surface area contributed by atoms with Crippen molar-refractivity contribution in [1.82, 2.24) is 0 Å². The Morgan fingerprint density at radius 1 is 0.618 bits per heavy atom. The lowest BCUT2D eigenvalue weighted by Crippen LogP contribution is -2.68. The van der Waals surface area contributed by atoms with E-state index in [1.807, 2.05) is 0 Å². The van der Waals surface area contributed by atoms with Crippen LogP contribution in [0.2, 0.25) is 0 Å². The van der Waals surface area contributed by atoms with Gasteiger partial charge in [-0.1, -0.05) is 72.2 Å². The molecule has 502 valence electrons. The minimum absolute atomic E-state index is 0.0457. The van der Waals surface area contributed by atoms with Gasteiger partial charge in [0.2, 0.25) is 12.6 Å². The van der Waals surface area contributed by atoms with Crippen molar-refractivity contribution in [3.05, 3.63) is 41.5 Å². The van der Waals surface area contributed by atoms with Crippen LogP contribution in [-0.4, -0.2) is 240 Å². The number of rotatable bonds is 15. The molecule has 0 radical (unpaired) electrons. The summed E-state index contributed by atoms with van der Waals surface area (Å²) in [4.78, 5) is 42.4. The van der Waals surface area contributed by atoms with E-state index >= 15 is 4.79 Å². The van der Waals surface area contributed by atoms with Crippen LogP contribution in [0.4, 0.5) is 0 Å². The molecule has 4 saturated heterocycles. The third kappa shape index (κ3) is 11.9. The monoisotopic (exact) mass is 1270 g/mol. The molecule has 4 heterocycles. The normalized spacial score (nSPS) is 47.6. The number of fused-ring (bicyclic) bond motifs is 7. The van der Waals surface area contributed by atoms with Crippen molar-refractivity contribution < 1.29 is 128 Å². The van der Waals surface area contributed by atoms with Crippen LogP contribution in [0.1, 0.15) is 118 Å². The predicted octanol–water partition coefficient (Wildman–Crippen LogP) is -0.706. The lowest BCUT2D eigenvalue weighted by Gasteiger charge is -2.71. The summed E-state index contributed by atoms with van der Waals surface area (Å²) in [6, 6.07) is 6.20. The smallest absolute Gasteiger partial charge is 0.337 e. The van der Waals surface area contributed by atoms with Crippen molar-refractivity contribution >= 4 is 17.9 Å². The highest BCUT2D eigenvalue weighted by atomic mass is 16.8. The summed E-state index contributed by atoms with van der Waals surface area (Å²) in [5.41, 5.74) is -2.10. The number of methoxy groups -OCH3 is 1. The van der Waals surface area contributed by atoms with Crippen molar-refractivity contribution in [3.8, 4) is 5.75 Å². The molecule has 28 unspecified atom stereocenters. The second kappa shape index (κ2) is 25.6. The van der Waals surface area contributed by atoms with Gasteiger partial charge in [0, 0.05) is 6.42 Å². The van der Waals surface area contributed by atoms with Crippen molar-refractivity contribution in [1.29, 1.82) is 0 Å². The Hall–Kier alpha value is -3.59. The van der Waals surface area contributed by atoms with Gasteiger partial charge in [-0.25, -0.2) is 4.79 Å². The molecule has 10 rings (SSSR count). The average molecular weight is 1270 g/mol. The van der Waals surface area contributed by atoms with E-state index in [1.165, 1.54) is 12.1 Å². The Labute approximate surface area is 516 Å². The number of allylic oxidation sites excluding steroid dienone is 2. The molecular formula is C63H94O26. The Bertz CT molecular complexity index is 2710. The minimum Gasteiger partial charge on any atom is -0.467 e. The first-order chi connectivity index (χ1) is 41.8. The van der Waals surface area contributed by atoms with Crippen LogP contribution >= 0.6 is 0 Å². The number of ether oxygens (including phenoxy) is 10. The van der Waals surface area contributed by atoms with Gasteiger partial charge in [0.25, 0.3) is 0 Å². The van der Waals surface area contributed by atoms with Gasteiger partial charge in [-0.05, 0) is 127 Å². The Balaban J connectivity index is 0.894. The maximum atomic E-state index is 15.7. The molecule has 8 fully saturated rings. The van der Waals surface area contributed by atoms with Gasteiger partial charge >= 0.3 is 17.9 Å². The minimum atomic E-state index is -1.95. The number of esters is 3. The van der Waals surface area contributed by atoms with Gasteiger partial charge < -0.3 is 114 Å². The van der Waals surface area contributed by atoms with Gasteiger partial charge in [-0.3, -0.25) is 9.59 Å². The summed E-state index contributed by atoms with van der Waals surface area (Å²) < 4.78 is 58.7. The maximum Gasteiger partial charge on any atom is 0.337 e. The number of aryl methyl sites for hydroxylation is 1. The fourth-order valence-electron chi connectivity index (χ4n) is 17.6. The second-order valence-electron chi connectivity index (χ2n) is 28.8. The molecule has 89 heavy (non-hydrogen) atoms. The number of aliphatic hydroxyl groups is 13. The Kier molecular flexibility index (Phi) is 19.7. The number of hydrogen-bond acceptors (Lipinski definition) is 26. The number of benzene rings is 1. The molecule has 26 nitrogen and oxygen atoms in total. The second-order valence-corrected chi connectivity index (χ2v) is 28.8. The topological polar surface area (TPSA) is 407 Å². The van der Waals surface area contributed by atoms with E-state index in [-0.39, 0.29) is 54.1 Å². The zero-order valence-corrected chi connectivity index (χ0v) is 51.8. The molecule has 26 heteroatoms. The summed E-state index contributed by atoms with van der Waals surface area (Å²) in [7, 11) is 1.13. The third-order valence-electron chi connectivity index (χ3n) is 23.0. The fraction of sp³-hybridized carbons (Fsp3) is 0.825. The summed E-state index contributed by atoms with van der Waals surface area (Å²) in [5, 5.41) is 140. The number of hydrogen-bond donors (Lipinski definition) is 13. The van der Waals surface area contributed by atoms with E-state index in [1.54, 1.807) is 12.1 Å². The standard InChI is InChI=1S/C63H94O26/c1-58(2)21-22-63(31(23-58)30-14-15-36-60(5)19-18-38(85-55-48(77)44(73)45(74)50(88-55)52(78)80-8)59(3,4)35(60)17-20-61(36,6)62(30,7)24-37(63)67)57(79)89-56-51(49(32(66)27-81-56)87-54-47(76)43(72)41(70)34(26-65)84-54)86-39(68)16-11-28-9-12-29(13-10-28)82-53-46(75)42(71)40(69)33(25-64)83-53/h9-10,12-14,31-38,40-51,53-56,64-67,69-77H,11,15-27H2,1-8H3. The van der Waals surface area contributed by atoms with Gasteiger partial charge in [0.15, 0.2) is 24.8 Å². The largest absolute Gasteiger partial charge is 0.467 e. The molecule has 1 aromatic carbocycles. The van der Waals surface area contributed by atoms with Crippen molar-refractivity contribution in [3.63, 3.8) is 0 Å². The predicted molar refractivity (Wildman–Crippen MR) is 304 cm³/mol. The zero-order chi connectivity index (χ0) is 64.8. The lowest BCUT2D eigenvalue weighted by atomic mass is 9.33. The molecule has 5 aliphatic carbocycles. The van der Waals surface area contributed by atoms with Gasteiger partial charge in [-0.15, -0.1) is 0 Å². The maximum absolute atomic E-state index is 15.7. The highest BCUT2D eigenvalue weighted by Gasteiger charge is 2.72. The first-order valence-electron chi connectivity index (χ1n) is 31.4. The van der Waals surface area contributed by atoms with Crippen LogP contribution in [0.5, 0.6) is 5.75 Å². The van der Waals surface area contributed by atoms with Gasteiger partial charge in [-0.2, -0.15) is 0 Å². The van der Waals surface area contributed by atoms with Gasteiger partial charge in [0.05, 0.1) is 39.1 Å². The highest BCUT2D eigenvalue weighted by molar-refractivity contribution is 5.80. The van der Waals surface area contributed by atoms with Crippen LogP contribution in [0.3, 0.4) is 0 Å². The van der Waals surface area contributed by atoms with Gasteiger partial charge in [0.1, 0.15) is 90.5 Å². The zero-order valence-electron chi connectivity index (χ0n) is 51.8. The molecular weight excluding hydrogens is 1170 g/mol. The van der Waals surface area contributed by atoms with Crippen LogP contribution in [0, 0.1) is 50.2 Å². The van der Waals surface area contributed by atoms with Crippen molar-refractivity contribution in [2.75, 3.05) is 26.9 Å². The van der Waals surface area contributed by atoms with E-state index in [4.69, 9.17) is 47.4 Å². The first kappa shape index (κ1) is 68.3. The highest BCUT2D eigenvalue weighted by Crippen LogP contribution is 2.76. The number of carbonyl (C=O) groups is 3. The molecule has 4 aliphatic heterocycles. The third-order valence-corrected chi connectivity index (χ3v) is 23.0. The van der Waals surface area contributed by atoms with Crippen LogP contribution in [0.15, 0.2) is 35.9 Å². The molecule has 1 aromatic rings. The van der Waals surface area contributed by atoms with E-state index in [2.05, 4.69) is 54.5 Å². The van der Waals surface area contributed by atoms with Crippen LogP contribution in [0.25, 0.3) is 0 Å². The Morgan fingerprint density at radius 2 is 1.22 bits per heavy atom.